The first-order valence-electron chi connectivity index (χ1n) is 34.7. The van der Waals surface area contributed by atoms with Gasteiger partial charge in [0, 0.05) is 51.1 Å². The normalized spacial score (nSPS) is 11.8. The number of nitrogens with two attached hydrogens (primary N) is 2. The van der Waals surface area contributed by atoms with E-state index in [0.717, 1.165) is 55.2 Å². The van der Waals surface area contributed by atoms with Crippen molar-refractivity contribution < 1.29 is 121 Å². The molecule has 0 fully saturated rings. The van der Waals surface area contributed by atoms with Crippen LogP contribution in [0.3, 0.4) is 0 Å². The first-order valence-corrected chi connectivity index (χ1v) is 35.8. The standard InChI is InChI=1S/C28H38N2O7.C18H21NO3.C10H18BrNO4.C10H19NO5.C5H11NO3.C4H9NO3.ClH/c1-28(2,3)37-27(33)30-24(25(31)34-4)17-19-35-23-15-13-21(14-16-23)10-8-9-18-29-26(32)36-20-22-11-6-5-7-12-22;20-17-11-9-15(10-12-17)6-4-5-13-19-18(21)22-14-16-7-2-1-3-8-16;1-10(2,3)16-9(14)12-7(5-6-11)8(13)15-4;1-10(2,3)16-9(14)11-7(5-6-12)8(13)15-4;1-9-5(8)4(6)2-3-7;5-3(1-2-6)4(7)8;/h5-7,11-16,24H,8-10,17-20H2,1-4H3,(H,29,32)(H,30,33);1-3,7-12,20H,4-6,13-14H2,(H,19,21);7H,5-6H2,1-4H3,(H,12,14);7,12H,5-6H2,1-4H3,(H,11,14);4,7H,2-3,6H2,1H3;3,6H,1-2,5H2,(H,7,8);1H. The van der Waals surface area contributed by atoms with E-state index in [2.05, 4.69) is 56.7 Å². The Morgan fingerprint density at radius 3 is 1.09 bits per heavy atom. The second-order valence-corrected chi connectivity index (χ2v) is 26.9. The van der Waals surface area contributed by atoms with Crippen molar-refractivity contribution >= 4 is 88.6 Å². The van der Waals surface area contributed by atoms with Crippen LogP contribution in [0.2, 0.25) is 0 Å². The Labute approximate surface area is 653 Å². The first-order chi connectivity index (χ1) is 50.9. The highest BCUT2D eigenvalue weighted by atomic mass is 79.9. The number of nitrogens with one attached hydrogen (secondary N) is 5. The van der Waals surface area contributed by atoms with E-state index in [1.54, 1.807) is 74.4 Å². The van der Waals surface area contributed by atoms with Crippen molar-refractivity contribution in [3.05, 3.63) is 131 Å². The van der Waals surface area contributed by atoms with Gasteiger partial charge in [0.1, 0.15) is 71.7 Å². The Morgan fingerprint density at radius 1 is 0.431 bits per heavy atom. The SMILES string of the molecule is COC(=O)C(CCBr)NC(=O)OC(C)(C)C.COC(=O)C(CCO)NC(=O)OC(C)(C)C.COC(=O)C(CCOc1ccc(CCCCNC(=O)OCc2ccccc2)cc1)NC(=O)OC(C)(C)C.COC(=O)C(N)CCO.Cl.NC(CCO)C(=O)O.O=C(NCCCCc1ccc(O)cc1)OCc1ccccc1. The first kappa shape index (κ1) is 104. The van der Waals surface area contributed by atoms with Crippen LogP contribution in [0.4, 0.5) is 24.0 Å². The van der Waals surface area contributed by atoms with Crippen LogP contribution in [0.5, 0.6) is 11.5 Å². The number of hydrogen-bond acceptors (Lipinski definition) is 26. The van der Waals surface area contributed by atoms with Crippen LogP contribution in [0.25, 0.3) is 0 Å². The number of aryl methyl sites for hydroxylation is 2. The van der Waals surface area contributed by atoms with E-state index < -0.39 is 101 Å². The highest BCUT2D eigenvalue weighted by Crippen LogP contribution is 2.17. The van der Waals surface area contributed by atoms with Gasteiger partial charge >= 0.3 is 60.3 Å². The number of unbranched alkanes of at least 4 members (excludes halogenated alkanes) is 2. The molecule has 109 heavy (non-hydrogen) atoms. The molecular weight excluding hydrogens is 1510 g/mol. The number of ether oxygens (including phenoxy) is 10. The van der Waals surface area contributed by atoms with Gasteiger partial charge in [0.2, 0.25) is 0 Å². The van der Waals surface area contributed by atoms with Crippen LogP contribution in [0, 0.1) is 0 Å². The maximum atomic E-state index is 12.0. The molecule has 5 unspecified atom stereocenters. The van der Waals surface area contributed by atoms with Crippen molar-refractivity contribution in [2.75, 3.05) is 73.3 Å². The number of phenols is 1. The molecule has 0 saturated heterocycles. The molecule has 0 aliphatic carbocycles. The van der Waals surface area contributed by atoms with E-state index >= 15 is 0 Å². The van der Waals surface area contributed by atoms with Crippen molar-refractivity contribution in [2.45, 2.75) is 193 Å². The fourth-order valence-electron chi connectivity index (χ4n) is 7.98. The van der Waals surface area contributed by atoms with Crippen molar-refractivity contribution in [3.63, 3.8) is 0 Å². The van der Waals surface area contributed by atoms with Gasteiger partial charge in [0.25, 0.3) is 0 Å². The van der Waals surface area contributed by atoms with Gasteiger partial charge in [0.05, 0.1) is 35.0 Å². The van der Waals surface area contributed by atoms with Gasteiger partial charge in [-0.1, -0.05) is 101 Å². The van der Waals surface area contributed by atoms with Crippen molar-refractivity contribution in [2.24, 2.45) is 11.5 Å². The highest BCUT2D eigenvalue weighted by Gasteiger charge is 2.28. The number of benzene rings is 4. The number of carbonyl (C=O) groups excluding carboxylic acids is 9. The summed E-state index contributed by atoms with van der Waals surface area (Å²) in [5, 5.41) is 55.9. The van der Waals surface area contributed by atoms with Gasteiger partial charge in [-0.25, -0.2) is 38.4 Å². The summed E-state index contributed by atoms with van der Waals surface area (Å²) in [4.78, 5) is 113. The number of aliphatic carboxylic acids is 1. The number of rotatable bonds is 34. The zero-order valence-corrected chi connectivity index (χ0v) is 67.2. The Morgan fingerprint density at radius 2 is 0.771 bits per heavy atom. The molecule has 4 rings (SSSR count). The second-order valence-electron chi connectivity index (χ2n) is 26.1. The van der Waals surface area contributed by atoms with Crippen LogP contribution >= 0.6 is 28.3 Å². The molecule has 4 aromatic carbocycles. The van der Waals surface area contributed by atoms with Crippen molar-refractivity contribution in [1.29, 1.82) is 0 Å². The number of alkyl carbamates (subject to hydrolysis) is 5. The average molecular weight is 1630 g/mol. The Balaban J connectivity index is -0.00000134. The minimum absolute atomic E-state index is 0. The summed E-state index contributed by atoms with van der Waals surface area (Å²) in [6.07, 6.45) is 3.74. The predicted octanol–water partition coefficient (Wildman–Crippen LogP) is 8.76. The molecule has 0 saturated carbocycles. The second kappa shape index (κ2) is 60.6. The Hall–Kier alpha value is -9.25. The summed E-state index contributed by atoms with van der Waals surface area (Å²) in [5.74, 6) is -2.27. The summed E-state index contributed by atoms with van der Waals surface area (Å²) in [7, 11) is 5.02. The third-order valence-electron chi connectivity index (χ3n) is 13.3. The number of aliphatic hydroxyl groups is 3. The number of alkyl halides is 1. The van der Waals surface area contributed by atoms with Gasteiger partial charge in [-0.15, -0.1) is 12.4 Å². The molecule has 0 aliphatic rings. The van der Waals surface area contributed by atoms with Gasteiger partial charge in [0.15, 0.2) is 0 Å². The number of amides is 5. The lowest BCUT2D eigenvalue weighted by Gasteiger charge is -2.22. The predicted molar refractivity (Wildman–Crippen MR) is 412 cm³/mol. The zero-order valence-electron chi connectivity index (χ0n) is 64.8. The monoisotopic (exact) mass is 1630 g/mol. The van der Waals surface area contributed by atoms with E-state index in [4.69, 9.17) is 65.1 Å². The molecule has 4 aromatic rings. The lowest BCUT2D eigenvalue weighted by molar-refractivity contribution is -0.144. The summed E-state index contributed by atoms with van der Waals surface area (Å²) >= 11 is 3.20. The quantitative estimate of drug-likeness (QED) is 0.00899. The number of carbonyl (C=O) groups is 10. The topological polar surface area (TPSA) is 476 Å². The molecule has 34 heteroatoms. The van der Waals surface area contributed by atoms with Gasteiger partial charge in [-0.2, -0.15) is 0 Å². The lowest BCUT2D eigenvalue weighted by Crippen LogP contribution is -2.44. The molecule has 0 aromatic heterocycles. The van der Waals surface area contributed by atoms with Crippen molar-refractivity contribution in [1.82, 2.24) is 26.6 Å². The minimum Gasteiger partial charge on any atom is -0.508 e. The van der Waals surface area contributed by atoms with E-state index in [-0.39, 0.29) is 83.0 Å². The van der Waals surface area contributed by atoms with E-state index in [9.17, 15) is 53.1 Å². The third-order valence-corrected chi connectivity index (χ3v) is 13.8. The maximum Gasteiger partial charge on any atom is 0.408 e. The summed E-state index contributed by atoms with van der Waals surface area (Å²) < 4.78 is 49.4. The minimum atomic E-state index is -1.07. The maximum absolute atomic E-state index is 12.0. The number of carboxylic acids is 1. The largest absolute Gasteiger partial charge is 0.508 e. The number of phenolic OH excluding ortho intramolecular Hbond substituents is 1. The molecule has 616 valence electrons. The number of aliphatic hydroxyl groups excluding tert-OH is 3. The number of carboxylic acid groups (broad SMARTS) is 1. The zero-order chi connectivity index (χ0) is 82.1. The molecule has 5 amide bonds. The molecule has 0 radical (unpaired) electrons. The van der Waals surface area contributed by atoms with E-state index in [1.165, 1.54) is 34.0 Å². The fraction of sp³-hybridized carbons (Fsp3) is 0.547. The van der Waals surface area contributed by atoms with Gasteiger partial charge in [-0.3, -0.25) is 9.59 Å². The van der Waals surface area contributed by atoms with Crippen LogP contribution in [0.1, 0.15) is 142 Å². The van der Waals surface area contributed by atoms with Crippen LogP contribution in [-0.4, -0.2) is 206 Å². The summed E-state index contributed by atoms with van der Waals surface area (Å²) in [6, 6.07) is 30.0. The molecule has 0 spiro atoms. The molecule has 32 nitrogen and oxygen atoms in total. The smallest absolute Gasteiger partial charge is 0.408 e. The molecular formula is C75H117BrClN7O25. The van der Waals surface area contributed by atoms with E-state index in [1.807, 2.05) is 97.1 Å². The van der Waals surface area contributed by atoms with Crippen LogP contribution in [-0.2, 0) is 92.7 Å². The lowest BCUT2D eigenvalue weighted by atomic mass is 10.1. The highest BCUT2D eigenvalue weighted by molar-refractivity contribution is 9.09. The molecule has 14 N–H and O–H groups in total. The van der Waals surface area contributed by atoms with Crippen LogP contribution < -0.4 is 42.8 Å². The fourth-order valence-corrected chi connectivity index (χ4v) is 8.44. The molecule has 0 aliphatic heterocycles. The number of hydrogen-bond donors (Lipinski definition) is 12. The number of halogens is 2. The molecule has 5 atom stereocenters. The van der Waals surface area contributed by atoms with Crippen molar-refractivity contribution in [3.8, 4) is 11.5 Å². The van der Waals surface area contributed by atoms with E-state index in [0.29, 0.717) is 37.2 Å². The molecule has 0 heterocycles. The third kappa shape index (κ3) is 58.5. The summed E-state index contributed by atoms with van der Waals surface area (Å²) in [5.41, 5.74) is 12.5. The Kier molecular flexibility index (Phi) is 57.8. The average Bonchev–Trinajstić information content (AvgIpc) is 0.907. The number of aromatic hydroxyl groups is 1. The van der Waals surface area contributed by atoms with Crippen LogP contribution in [0.15, 0.2) is 109 Å². The van der Waals surface area contributed by atoms with Gasteiger partial charge < -0.3 is 111 Å². The Bertz CT molecular complexity index is 3110. The number of methoxy groups -OCH3 is 4. The summed E-state index contributed by atoms with van der Waals surface area (Å²) in [6.45, 7) is 17.1. The van der Waals surface area contributed by atoms with Gasteiger partial charge in [-0.05, 0) is 167 Å². The molecule has 0 bridgehead atoms. The number of esters is 4.